The number of hydrogen-bond donors (Lipinski definition) is 13. The molecule has 14 N–H and O–H groups in total. The number of fused-ring (bicyclic) bond motifs is 6. The molecular weight excluding hydrogens is 1140 g/mol. The van der Waals surface area contributed by atoms with Crippen LogP contribution in [0.15, 0.2) is 12.7 Å². The monoisotopic (exact) mass is 1220 g/mol. The minimum Gasteiger partial charge on any atom is -0.393 e. The Morgan fingerprint density at radius 1 is 0.925 bits per heavy atom. The Hall–Kier alpha value is -2.60. The van der Waals surface area contributed by atoms with Crippen molar-refractivity contribution in [2.45, 2.75) is 161 Å². The Morgan fingerprint density at radius 2 is 1.62 bits per heavy atom. The molecule has 5 aliphatic rings. The van der Waals surface area contributed by atoms with E-state index in [1.54, 1.807) is 6.92 Å². The molecule has 1 aliphatic heterocycles. The second kappa shape index (κ2) is 25.5. The van der Waals surface area contributed by atoms with Gasteiger partial charge >= 0.3 is 23.5 Å². The van der Waals surface area contributed by atoms with Crippen LogP contribution in [0, 0.1) is 57.7 Å². The van der Waals surface area contributed by atoms with E-state index >= 15 is 0 Å². The second-order valence-corrected chi connectivity index (χ2v) is 29.0. The van der Waals surface area contributed by atoms with Crippen molar-refractivity contribution in [1.29, 1.82) is 0 Å². The van der Waals surface area contributed by atoms with Crippen molar-refractivity contribution >= 4 is 69.1 Å². The maximum Gasteiger partial charge on any atom is 0.481 e. The van der Waals surface area contributed by atoms with Gasteiger partial charge in [0.15, 0.2) is 22.8 Å². The SMILES string of the molecule is C[C@H](CC[C@H](O)[C@@H](C)C(=O)SCCNC(=O)CCNC(=O)[C@H](O)C(C)(C)COP(=O)(O)OP(=O)(O)OC[C@H]1O[C@@H](n2cnc3c(N)ncnc32)[C@H](O)[C@@H]1OP(=O)(O)O)[C@H]1CC[C@H]2[C@@H]3[C@H](O)C[C@@H]4C[C@H](O)CC[C@]4(C)[C@H]3C[C@H](O)[C@]12C. The first-order valence-corrected chi connectivity index (χ1v) is 32.5. The van der Waals surface area contributed by atoms with E-state index < -0.39 is 109 Å². The molecular formula is C48H80N7O21P3S. The summed E-state index contributed by atoms with van der Waals surface area (Å²) < 4.78 is 62.8. The predicted octanol–water partition coefficient (Wildman–Crippen LogP) is 2.04. The van der Waals surface area contributed by atoms with Crippen molar-refractivity contribution in [1.82, 2.24) is 30.2 Å². The quantitative estimate of drug-likeness (QED) is 0.0500. The molecule has 0 aromatic carbocycles. The van der Waals surface area contributed by atoms with E-state index in [9.17, 15) is 78.3 Å². The van der Waals surface area contributed by atoms with Crippen LogP contribution in [0.25, 0.3) is 11.2 Å². The van der Waals surface area contributed by atoms with Gasteiger partial charge in [-0.3, -0.25) is 32.5 Å². The number of carbonyl (C=O) groups excluding carboxylic acids is 3. The number of imidazole rings is 1. The van der Waals surface area contributed by atoms with Gasteiger partial charge in [-0.05, 0) is 104 Å². The molecule has 0 bridgehead atoms. The Morgan fingerprint density at radius 3 is 2.33 bits per heavy atom. The first-order valence-electron chi connectivity index (χ1n) is 27.0. The van der Waals surface area contributed by atoms with Crippen LogP contribution in [0.1, 0.15) is 112 Å². The molecule has 4 saturated carbocycles. The number of ether oxygens (including phenoxy) is 1. The first-order chi connectivity index (χ1) is 37.2. The van der Waals surface area contributed by atoms with Crippen LogP contribution in [0.5, 0.6) is 0 Å². The number of nitrogens with zero attached hydrogens (tertiary/aromatic N) is 4. The third-order valence-corrected chi connectivity index (χ3v) is 22.3. The number of rotatable bonds is 25. The fourth-order valence-corrected chi connectivity index (χ4v) is 17.2. The number of aromatic nitrogens is 4. The summed E-state index contributed by atoms with van der Waals surface area (Å²) in [6.07, 6.45) is -2.81. The molecule has 2 aromatic heterocycles. The number of aliphatic hydroxyl groups is 6. The molecule has 5 fully saturated rings. The van der Waals surface area contributed by atoms with Crippen LogP contribution in [0.4, 0.5) is 5.82 Å². The van der Waals surface area contributed by atoms with Gasteiger partial charge in [-0.2, -0.15) is 4.31 Å². The average molecular weight is 1220 g/mol. The Labute approximate surface area is 467 Å². The summed E-state index contributed by atoms with van der Waals surface area (Å²) in [5, 5.41) is 71.6. The normalized spacial score (nSPS) is 34.7. The van der Waals surface area contributed by atoms with Gasteiger partial charge in [-0.15, -0.1) is 0 Å². The van der Waals surface area contributed by atoms with Crippen molar-refractivity contribution in [3.63, 3.8) is 0 Å². The largest absolute Gasteiger partial charge is 0.481 e. The molecule has 4 aliphatic carbocycles. The number of anilines is 1. The number of hydrogen-bond acceptors (Lipinski definition) is 22. The van der Waals surface area contributed by atoms with E-state index in [4.69, 9.17) is 19.5 Å². The lowest BCUT2D eigenvalue weighted by atomic mass is 9.43. The lowest BCUT2D eigenvalue weighted by molar-refractivity contribution is -0.207. The van der Waals surface area contributed by atoms with Gasteiger partial charge in [0.2, 0.25) is 11.8 Å². The lowest BCUT2D eigenvalue weighted by Gasteiger charge is -2.63. The summed E-state index contributed by atoms with van der Waals surface area (Å²) in [5.74, 6) is -1.01. The molecule has 1 saturated heterocycles. The number of aliphatic hydroxyl groups excluding tert-OH is 6. The maximum absolute atomic E-state index is 13.1. The highest BCUT2D eigenvalue weighted by molar-refractivity contribution is 8.13. The van der Waals surface area contributed by atoms with Crippen LogP contribution in [-0.4, -0.2) is 168 Å². The van der Waals surface area contributed by atoms with Gasteiger partial charge < -0.3 is 71.3 Å². The zero-order valence-electron chi connectivity index (χ0n) is 45.6. The summed E-state index contributed by atoms with van der Waals surface area (Å²) in [7, 11) is -16.5. The summed E-state index contributed by atoms with van der Waals surface area (Å²) in [4.78, 5) is 89.9. The molecule has 454 valence electrons. The van der Waals surface area contributed by atoms with Crippen molar-refractivity contribution in [3.05, 3.63) is 12.7 Å². The van der Waals surface area contributed by atoms with Gasteiger partial charge in [0.05, 0.1) is 49.9 Å². The summed E-state index contributed by atoms with van der Waals surface area (Å²) in [6.45, 7) is 8.57. The summed E-state index contributed by atoms with van der Waals surface area (Å²) in [6, 6.07) is 0. The molecule has 20 atom stereocenters. The van der Waals surface area contributed by atoms with E-state index in [1.807, 2.05) is 0 Å². The van der Waals surface area contributed by atoms with Crippen LogP contribution >= 0.6 is 35.2 Å². The molecule has 2 unspecified atom stereocenters. The minimum absolute atomic E-state index is 0.0198. The number of carbonyl (C=O) groups is 3. The molecule has 0 spiro atoms. The van der Waals surface area contributed by atoms with E-state index in [2.05, 4.69) is 55.2 Å². The van der Waals surface area contributed by atoms with E-state index in [0.29, 0.717) is 32.1 Å². The third-order valence-electron chi connectivity index (χ3n) is 18.1. The van der Waals surface area contributed by atoms with E-state index in [-0.39, 0.29) is 99.8 Å². The molecule has 0 radical (unpaired) electrons. The topological polar surface area (TPSA) is 445 Å². The van der Waals surface area contributed by atoms with Crippen molar-refractivity contribution in [3.8, 4) is 0 Å². The zero-order valence-corrected chi connectivity index (χ0v) is 49.1. The van der Waals surface area contributed by atoms with E-state index in [0.717, 1.165) is 54.7 Å². The minimum atomic E-state index is -5.62. The van der Waals surface area contributed by atoms with Crippen LogP contribution in [0.2, 0.25) is 0 Å². The van der Waals surface area contributed by atoms with Gasteiger partial charge in [0.1, 0.15) is 36.3 Å². The Bertz CT molecular complexity index is 2670. The molecule has 28 nitrogen and oxygen atoms in total. The first kappa shape index (κ1) is 65.0. The van der Waals surface area contributed by atoms with Crippen LogP contribution in [0.3, 0.4) is 0 Å². The standard InChI is InChI=1S/C48H80N7O21P3S/c1-24(28-8-9-29-36-30(19-34(59)48(28,29)6)47(5)13-11-27(56)17-26(47)18-32(36)58)7-10-31(57)25(2)45(64)80-16-15-50-35(60)12-14-51-43(63)40(62)46(3,4)21-73-79(70,71)76-78(68,69)72-20-33-39(75-77(65,66)67)38(61)44(74-33)55-23-54-37-41(49)52-22-53-42(37)55/h22-34,36,38-40,44,56-59,61-62H,7-21H2,1-6H3,(H,50,60)(H,51,63)(H,68,69)(H,70,71)(H2,49,52,53)(H2,65,66,67)/t24-,25-,26+,27-,28-,29+,30+,31+,32-,33-,34+,36+,38-,39-,40+,44-,47+,48-/m1/s1. The average Bonchev–Trinajstić information content (AvgIpc) is 3.66. The van der Waals surface area contributed by atoms with Gasteiger partial charge in [0, 0.05) is 30.7 Å². The smallest absolute Gasteiger partial charge is 0.393 e. The van der Waals surface area contributed by atoms with Gasteiger partial charge in [-0.25, -0.2) is 28.6 Å². The second-order valence-electron chi connectivity index (χ2n) is 23.7. The fraction of sp³-hybridized carbons (Fsp3) is 0.833. The van der Waals surface area contributed by atoms with Crippen molar-refractivity contribution in [2.24, 2.45) is 57.7 Å². The number of amides is 2. The van der Waals surface area contributed by atoms with E-state index in [1.165, 1.54) is 13.8 Å². The molecule has 32 heteroatoms. The number of nitrogen functional groups attached to an aromatic ring is 1. The van der Waals surface area contributed by atoms with Crippen molar-refractivity contribution < 1.29 is 101 Å². The molecule has 7 rings (SSSR count). The number of nitrogens with one attached hydrogen (secondary N) is 2. The summed E-state index contributed by atoms with van der Waals surface area (Å²) in [5.41, 5.74) is 3.82. The van der Waals surface area contributed by atoms with Crippen LogP contribution < -0.4 is 16.4 Å². The Balaban J connectivity index is 0.780. The number of phosphoric ester groups is 3. The number of nitrogens with two attached hydrogens (primary N) is 1. The van der Waals surface area contributed by atoms with Gasteiger partial charge in [-0.1, -0.05) is 53.3 Å². The summed E-state index contributed by atoms with van der Waals surface area (Å²) >= 11 is 0.968. The highest BCUT2D eigenvalue weighted by atomic mass is 32.2. The lowest BCUT2D eigenvalue weighted by Crippen LogP contribution is -2.62. The number of thioether (sulfide) groups is 1. The zero-order chi connectivity index (χ0) is 59.1. The predicted molar refractivity (Wildman–Crippen MR) is 285 cm³/mol. The molecule has 80 heavy (non-hydrogen) atoms. The molecule has 2 amide bonds. The number of phosphoric acid groups is 3. The van der Waals surface area contributed by atoms with Crippen LogP contribution in [-0.2, 0) is 50.7 Å². The highest BCUT2D eigenvalue weighted by Crippen LogP contribution is 2.69. The highest BCUT2D eigenvalue weighted by Gasteiger charge is 2.66. The molecule has 3 heterocycles. The maximum atomic E-state index is 13.1. The Kier molecular flexibility index (Phi) is 20.7. The fourth-order valence-electron chi connectivity index (χ4n) is 13.6. The third kappa shape index (κ3) is 14.5. The van der Waals surface area contributed by atoms with Gasteiger partial charge in [0.25, 0.3) is 0 Å². The van der Waals surface area contributed by atoms with Crippen molar-refractivity contribution in [2.75, 3.05) is 37.8 Å². The molecule has 2 aromatic rings.